The number of nitrogens with two attached hydrogens (primary N) is 1. The molecule has 2 saturated heterocycles. The zero-order chi connectivity index (χ0) is 24.5. The normalized spacial score (nSPS) is 19.1. The van der Waals surface area contributed by atoms with E-state index in [1.807, 2.05) is 6.08 Å². The topological polar surface area (TPSA) is 80.9 Å². The molecular formula is C26H24F2N4O3. The van der Waals surface area contributed by atoms with Crippen LogP contribution >= 0.6 is 0 Å². The molecule has 35 heavy (non-hydrogen) atoms. The zero-order valence-corrected chi connectivity index (χ0v) is 18.9. The number of carbonyl (C=O) groups is 1. The molecule has 2 unspecified atom stereocenters. The van der Waals surface area contributed by atoms with Crippen molar-refractivity contribution in [2.24, 2.45) is 5.73 Å². The van der Waals surface area contributed by atoms with Gasteiger partial charge in [0.1, 0.15) is 28.7 Å². The van der Waals surface area contributed by atoms with Gasteiger partial charge >= 0.3 is 0 Å². The van der Waals surface area contributed by atoms with Crippen molar-refractivity contribution in [3.05, 3.63) is 84.5 Å². The minimum Gasteiger partial charge on any atom is -0.454 e. The van der Waals surface area contributed by atoms with Gasteiger partial charge < -0.3 is 20.1 Å². The molecule has 2 aliphatic rings. The molecule has 5 rings (SSSR count). The molecule has 2 aliphatic heterocycles. The number of pyridine rings is 1. The van der Waals surface area contributed by atoms with Gasteiger partial charge in [-0.25, -0.2) is 8.78 Å². The van der Waals surface area contributed by atoms with Gasteiger partial charge in [-0.2, -0.15) is 4.98 Å². The number of benzene rings is 2. The van der Waals surface area contributed by atoms with Crippen molar-refractivity contribution in [3.63, 3.8) is 0 Å². The van der Waals surface area contributed by atoms with Crippen molar-refractivity contribution >= 4 is 11.7 Å². The van der Waals surface area contributed by atoms with Crippen LogP contribution in [-0.2, 0) is 0 Å². The molecule has 0 saturated carbocycles. The Morgan fingerprint density at radius 3 is 2.43 bits per heavy atom. The number of anilines is 1. The lowest BCUT2D eigenvalue weighted by Gasteiger charge is -2.34. The summed E-state index contributed by atoms with van der Waals surface area (Å²) in [7, 11) is 0. The number of primary amides is 1. The maximum absolute atomic E-state index is 13.9. The second-order valence-corrected chi connectivity index (χ2v) is 8.57. The summed E-state index contributed by atoms with van der Waals surface area (Å²) in [6.45, 7) is 6.47. The molecule has 0 spiro atoms. The number of halogens is 2. The van der Waals surface area contributed by atoms with Crippen molar-refractivity contribution in [2.75, 3.05) is 24.5 Å². The third-order valence-corrected chi connectivity index (χ3v) is 6.28. The summed E-state index contributed by atoms with van der Waals surface area (Å²) in [6.07, 6.45) is 2.97. The van der Waals surface area contributed by atoms with Gasteiger partial charge in [0, 0.05) is 37.8 Å². The first-order chi connectivity index (χ1) is 16.9. The lowest BCUT2D eigenvalue weighted by molar-refractivity contribution is 0.0997. The van der Waals surface area contributed by atoms with Gasteiger partial charge in [-0.3, -0.25) is 9.69 Å². The van der Waals surface area contributed by atoms with Crippen LogP contribution in [0, 0.1) is 11.6 Å². The fourth-order valence-electron chi connectivity index (χ4n) is 4.65. The standard InChI is InChI=1S/C26H24F2N4O3/c1-2-11-31-14-18-13-17(31)15-32(18)24-10-8-21(25(29)33)26(30-24)35-20-6-4-19(5-7-20)34-23-9-3-16(27)12-22(23)28/h2-10,12,17-18H,1,11,13-15H2,(H2,29,33). The second kappa shape index (κ2) is 9.34. The Morgan fingerprint density at radius 1 is 1.06 bits per heavy atom. The Labute approximate surface area is 201 Å². The number of hydrogen-bond acceptors (Lipinski definition) is 6. The van der Waals surface area contributed by atoms with Crippen LogP contribution < -0.4 is 20.1 Å². The van der Waals surface area contributed by atoms with E-state index in [1.165, 1.54) is 6.07 Å². The SMILES string of the molecule is C=CCN1CC2CC1CN2c1ccc(C(N)=O)c(Oc2ccc(Oc3ccc(F)cc3F)cc2)n1. The van der Waals surface area contributed by atoms with Gasteiger partial charge in [0.2, 0.25) is 5.88 Å². The highest BCUT2D eigenvalue weighted by atomic mass is 19.1. The number of piperazine rings is 1. The van der Waals surface area contributed by atoms with E-state index in [1.54, 1.807) is 36.4 Å². The quantitative estimate of drug-likeness (QED) is 0.481. The third kappa shape index (κ3) is 4.67. The van der Waals surface area contributed by atoms with Gasteiger partial charge in [0.15, 0.2) is 11.6 Å². The molecule has 1 amide bonds. The number of likely N-dealkylation sites (tertiary alicyclic amines) is 1. The number of ether oxygens (including phenoxy) is 2. The fourth-order valence-corrected chi connectivity index (χ4v) is 4.65. The van der Waals surface area contributed by atoms with Crippen LogP contribution in [0.4, 0.5) is 14.6 Å². The average molecular weight is 478 g/mol. The maximum Gasteiger partial charge on any atom is 0.254 e. The molecule has 0 radical (unpaired) electrons. The number of hydrogen-bond donors (Lipinski definition) is 1. The molecule has 2 bridgehead atoms. The van der Waals surface area contributed by atoms with Gasteiger partial charge in [-0.1, -0.05) is 6.08 Å². The molecule has 3 heterocycles. The molecule has 2 N–H and O–H groups in total. The highest BCUT2D eigenvalue weighted by Crippen LogP contribution is 2.36. The Bertz CT molecular complexity index is 1270. The molecule has 9 heteroatoms. The van der Waals surface area contributed by atoms with Gasteiger partial charge in [0.05, 0.1) is 0 Å². The van der Waals surface area contributed by atoms with Crippen LogP contribution in [0.25, 0.3) is 0 Å². The summed E-state index contributed by atoms with van der Waals surface area (Å²) in [5.41, 5.74) is 5.71. The van der Waals surface area contributed by atoms with Gasteiger partial charge in [0.25, 0.3) is 5.91 Å². The maximum atomic E-state index is 13.9. The predicted octanol–water partition coefficient (Wildman–Crippen LogP) is 4.49. The van der Waals surface area contributed by atoms with E-state index in [0.29, 0.717) is 23.6 Å². The summed E-state index contributed by atoms with van der Waals surface area (Å²) in [6, 6.07) is 13.6. The van der Waals surface area contributed by atoms with E-state index < -0.39 is 17.5 Å². The number of carbonyl (C=O) groups excluding carboxylic acids is 1. The van der Waals surface area contributed by atoms with Crippen molar-refractivity contribution in [2.45, 2.75) is 18.5 Å². The van der Waals surface area contributed by atoms with Crippen LogP contribution in [0.3, 0.4) is 0 Å². The van der Waals surface area contributed by atoms with Crippen LogP contribution in [0.1, 0.15) is 16.8 Å². The van der Waals surface area contributed by atoms with Crippen LogP contribution in [-0.4, -0.2) is 47.5 Å². The summed E-state index contributed by atoms with van der Waals surface area (Å²) in [5, 5.41) is 0. The van der Waals surface area contributed by atoms with Crippen LogP contribution in [0.2, 0.25) is 0 Å². The molecule has 1 aromatic heterocycles. The Hall–Kier alpha value is -3.98. The zero-order valence-electron chi connectivity index (χ0n) is 18.9. The largest absolute Gasteiger partial charge is 0.454 e. The lowest BCUT2D eigenvalue weighted by Crippen LogP contribution is -2.46. The molecule has 7 nitrogen and oxygen atoms in total. The van der Waals surface area contributed by atoms with E-state index in [0.717, 1.165) is 44.0 Å². The first-order valence-corrected chi connectivity index (χ1v) is 11.2. The van der Waals surface area contributed by atoms with Gasteiger partial charge in [-0.15, -0.1) is 6.58 Å². The van der Waals surface area contributed by atoms with Crippen molar-refractivity contribution < 1.29 is 23.0 Å². The first-order valence-electron chi connectivity index (χ1n) is 11.2. The van der Waals surface area contributed by atoms with Crippen molar-refractivity contribution in [1.82, 2.24) is 9.88 Å². The Morgan fingerprint density at radius 2 is 1.80 bits per heavy atom. The predicted molar refractivity (Wildman–Crippen MR) is 127 cm³/mol. The van der Waals surface area contributed by atoms with Crippen molar-refractivity contribution in [3.8, 4) is 23.1 Å². The molecule has 2 fully saturated rings. The summed E-state index contributed by atoms with van der Waals surface area (Å²) >= 11 is 0. The molecule has 2 aromatic carbocycles. The number of aromatic nitrogens is 1. The van der Waals surface area contributed by atoms with Gasteiger partial charge in [-0.05, 0) is 55.0 Å². The first kappa shape index (κ1) is 22.8. The van der Waals surface area contributed by atoms with E-state index in [-0.39, 0.29) is 17.2 Å². The Balaban J connectivity index is 1.33. The van der Waals surface area contributed by atoms with E-state index >= 15 is 0 Å². The monoisotopic (exact) mass is 478 g/mol. The minimum atomic E-state index is -0.805. The number of amides is 1. The van der Waals surface area contributed by atoms with E-state index in [2.05, 4.69) is 21.4 Å². The summed E-state index contributed by atoms with van der Waals surface area (Å²) in [5.74, 6) is -0.680. The molecule has 2 atom stereocenters. The Kier molecular flexibility index (Phi) is 6.08. The highest BCUT2D eigenvalue weighted by Gasteiger charge is 2.43. The van der Waals surface area contributed by atoms with Crippen molar-refractivity contribution in [1.29, 1.82) is 0 Å². The summed E-state index contributed by atoms with van der Waals surface area (Å²) < 4.78 is 38.3. The number of nitrogens with zero attached hydrogens (tertiary/aromatic N) is 3. The number of fused-ring (bicyclic) bond motifs is 2. The average Bonchev–Trinajstić information content (AvgIpc) is 3.43. The third-order valence-electron chi connectivity index (χ3n) is 6.28. The summed E-state index contributed by atoms with van der Waals surface area (Å²) in [4.78, 5) is 21.2. The van der Waals surface area contributed by atoms with E-state index in [9.17, 15) is 13.6 Å². The number of rotatable bonds is 8. The van der Waals surface area contributed by atoms with Crippen LogP contribution in [0.15, 0.2) is 67.3 Å². The van der Waals surface area contributed by atoms with Crippen LogP contribution in [0.5, 0.6) is 23.1 Å². The fraction of sp³-hybridized carbons (Fsp3) is 0.231. The smallest absolute Gasteiger partial charge is 0.254 e. The molecule has 180 valence electrons. The second-order valence-electron chi connectivity index (χ2n) is 8.57. The minimum absolute atomic E-state index is 0.1000. The van der Waals surface area contributed by atoms with E-state index in [4.69, 9.17) is 15.2 Å². The molecule has 3 aromatic rings. The lowest BCUT2D eigenvalue weighted by atomic mass is 10.2. The molecular weight excluding hydrogens is 454 g/mol. The molecule has 0 aliphatic carbocycles. The highest BCUT2D eigenvalue weighted by molar-refractivity contribution is 5.95.